The van der Waals surface area contributed by atoms with E-state index >= 15 is 0 Å². The molecule has 1 saturated carbocycles. The number of nitrogens with one attached hydrogen (secondary N) is 3. The molecule has 0 radical (unpaired) electrons. The summed E-state index contributed by atoms with van der Waals surface area (Å²) in [4.78, 5) is 50.8. The zero-order chi connectivity index (χ0) is 36.5. The van der Waals surface area contributed by atoms with Gasteiger partial charge in [0.2, 0.25) is 0 Å². The molecular formula is C39H47ClN8O4. The quantitative estimate of drug-likeness (QED) is 0.188. The Hall–Kier alpha value is -4.52. The summed E-state index contributed by atoms with van der Waals surface area (Å²) in [6.07, 6.45) is 6.68. The van der Waals surface area contributed by atoms with E-state index in [-0.39, 0.29) is 23.7 Å². The normalized spacial score (nSPS) is 18.7. The first-order valence-corrected chi connectivity index (χ1v) is 18.6. The summed E-state index contributed by atoms with van der Waals surface area (Å²) in [6.45, 7) is 6.05. The van der Waals surface area contributed by atoms with Crippen LogP contribution in [0.3, 0.4) is 0 Å². The van der Waals surface area contributed by atoms with Crippen molar-refractivity contribution in [3.63, 3.8) is 0 Å². The third-order valence-corrected chi connectivity index (χ3v) is 11.6. The summed E-state index contributed by atoms with van der Waals surface area (Å²) in [5.74, 6) is 0.716. The van der Waals surface area contributed by atoms with Crippen molar-refractivity contribution in [2.24, 2.45) is 25.9 Å². The standard InChI is InChI=1S/C39H47ClN8O4/c1-23-26(7-5-9-28(23)44-37(49)35-42-30-21-41-18-15-32(30)46(35)2)27-8-6-10-29(34(27)40)45-38(50)36-43-31-22-48(20-17-33(31)47(36)3)19-16-24-11-13-25(14-12-24)39(51)52-4/h5-10,24-25,41H,11-22H2,1-4H3,(H,44,49)(H,45,50). The molecule has 1 fully saturated rings. The number of carbonyl (C=O) groups excluding carboxylic acids is 3. The van der Waals surface area contributed by atoms with Crippen LogP contribution in [0.25, 0.3) is 11.1 Å². The number of methoxy groups -OCH3 is 1. The number of esters is 1. The molecule has 3 N–H and O–H groups in total. The van der Waals surface area contributed by atoms with Crippen LogP contribution in [0.4, 0.5) is 11.4 Å². The highest BCUT2D eigenvalue weighted by molar-refractivity contribution is 6.36. The first kappa shape index (κ1) is 35.9. The van der Waals surface area contributed by atoms with E-state index < -0.39 is 0 Å². The van der Waals surface area contributed by atoms with Gasteiger partial charge in [-0.05, 0) is 74.8 Å². The summed E-state index contributed by atoms with van der Waals surface area (Å²) in [5, 5.41) is 9.77. The van der Waals surface area contributed by atoms with Gasteiger partial charge in [0.25, 0.3) is 11.8 Å². The lowest BCUT2D eigenvalue weighted by Crippen LogP contribution is -2.33. The van der Waals surface area contributed by atoms with Crippen molar-refractivity contribution in [1.82, 2.24) is 29.3 Å². The highest BCUT2D eigenvalue weighted by atomic mass is 35.5. The summed E-state index contributed by atoms with van der Waals surface area (Å²) in [5.41, 5.74) is 7.56. The number of nitrogens with zero attached hydrogens (tertiary/aromatic N) is 5. The van der Waals surface area contributed by atoms with Crippen molar-refractivity contribution in [2.45, 2.75) is 65.0 Å². The Morgan fingerprint density at radius 3 is 2.21 bits per heavy atom. The number of carbonyl (C=O) groups is 3. The van der Waals surface area contributed by atoms with Crippen LogP contribution in [-0.4, -0.2) is 68.5 Å². The summed E-state index contributed by atoms with van der Waals surface area (Å²) < 4.78 is 8.72. The molecule has 3 aliphatic rings. The zero-order valence-electron chi connectivity index (χ0n) is 30.4. The van der Waals surface area contributed by atoms with E-state index in [1.165, 1.54) is 7.11 Å². The number of benzene rings is 2. The summed E-state index contributed by atoms with van der Waals surface area (Å²) >= 11 is 6.99. The van der Waals surface area contributed by atoms with Crippen LogP contribution in [0.15, 0.2) is 36.4 Å². The maximum Gasteiger partial charge on any atom is 0.308 e. The van der Waals surface area contributed by atoms with E-state index in [1.54, 1.807) is 6.07 Å². The molecule has 1 aliphatic carbocycles. The number of halogens is 1. The molecule has 52 heavy (non-hydrogen) atoms. The molecule has 0 atom stereocenters. The van der Waals surface area contributed by atoms with Crippen LogP contribution in [-0.2, 0) is 49.6 Å². The van der Waals surface area contributed by atoms with Gasteiger partial charge in [-0.3, -0.25) is 19.3 Å². The molecule has 4 heterocycles. The Morgan fingerprint density at radius 2 is 1.52 bits per heavy atom. The van der Waals surface area contributed by atoms with Crippen LogP contribution in [0.5, 0.6) is 0 Å². The van der Waals surface area contributed by atoms with Crippen LogP contribution < -0.4 is 16.0 Å². The summed E-state index contributed by atoms with van der Waals surface area (Å²) in [6, 6.07) is 11.2. The molecule has 2 amide bonds. The first-order valence-electron chi connectivity index (χ1n) is 18.2. The lowest BCUT2D eigenvalue weighted by molar-refractivity contribution is -0.146. The molecule has 2 aliphatic heterocycles. The second-order valence-electron chi connectivity index (χ2n) is 14.3. The van der Waals surface area contributed by atoms with Crippen molar-refractivity contribution in [2.75, 3.05) is 37.4 Å². The summed E-state index contributed by atoms with van der Waals surface area (Å²) in [7, 11) is 5.25. The van der Waals surface area contributed by atoms with Gasteiger partial charge in [0.1, 0.15) is 0 Å². The average molecular weight is 727 g/mol. The van der Waals surface area contributed by atoms with E-state index in [4.69, 9.17) is 21.3 Å². The SMILES string of the molecule is COC(=O)C1CCC(CCN2CCc3c(nc(C(=O)Nc4cccc(-c5cccc(NC(=O)c6nc7c(n6C)CCNC7)c5C)c4Cl)n3C)C2)CC1. The zero-order valence-corrected chi connectivity index (χ0v) is 31.1. The Morgan fingerprint density at radius 1 is 0.885 bits per heavy atom. The Balaban J connectivity index is 1.01. The largest absolute Gasteiger partial charge is 0.469 e. The molecule has 2 aromatic heterocycles. The monoisotopic (exact) mass is 726 g/mol. The van der Waals surface area contributed by atoms with Gasteiger partial charge in [0, 0.05) is 75.8 Å². The van der Waals surface area contributed by atoms with E-state index in [9.17, 15) is 14.4 Å². The first-order chi connectivity index (χ1) is 25.1. The van der Waals surface area contributed by atoms with Crippen molar-refractivity contribution >= 4 is 40.8 Å². The van der Waals surface area contributed by atoms with Gasteiger partial charge < -0.3 is 29.8 Å². The molecule has 0 unspecified atom stereocenters. The van der Waals surface area contributed by atoms with Gasteiger partial charge in [0.15, 0.2) is 11.6 Å². The number of imidazole rings is 2. The molecule has 2 aromatic carbocycles. The molecular weight excluding hydrogens is 680 g/mol. The Kier molecular flexibility index (Phi) is 10.5. The Labute approximate surface area is 309 Å². The van der Waals surface area contributed by atoms with E-state index in [0.717, 1.165) is 104 Å². The lowest BCUT2D eigenvalue weighted by atomic mass is 9.80. The molecule has 13 heteroatoms. The molecule has 4 aromatic rings. The molecule has 274 valence electrons. The van der Waals surface area contributed by atoms with Crippen LogP contribution >= 0.6 is 11.6 Å². The number of aromatic nitrogens is 4. The Bertz CT molecular complexity index is 2010. The van der Waals surface area contributed by atoms with Crippen LogP contribution in [0.1, 0.15) is 81.7 Å². The number of hydrogen-bond donors (Lipinski definition) is 3. The van der Waals surface area contributed by atoms with E-state index in [2.05, 4.69) is 25.8 Å². The molecule has 0 bridgehead atoms. The van der Waals surface area contributed by atoms with Crippen molar-refractivity contribution < 1.29 is 19.1 Å². The van der Waals surface area contributed by atoms with Gasteiger partial charge in [-0.25, -0.2) is 9.97 Å². The molecule has 0 saturated heterocycles. The predicted octanol–water partition coefficient (Wildman–Crippen LogP) is 5.66. The fourth-order valence-electron chi connectivity index (χ4n) is 8.11. The third-order valence-electron chi connectivity index (χ3n) is 11.2. The highest BCUT2D eigenvalue weighted by Crippen LogP contribution is 2.38. The number of anilines is 2. The second kappa shape index (κ2) is 15.2. The number of ether oxygens (including phenoxy) is 1. The van der Waals surface area contributed by atoms with Gasteiger partial charge in [-0.15, -0.1) is 0 Å². The minimum Gasteiger partial charge on any atom is -0.469 e. The van der Waals surface area contributed by atoms with Crippen molar-refractivity contribution in [3.8, 4) is 11.1 Å². The molecule has 0 spiro atoms. The maximum absolute atomic E-state index is 13.7. The smallest absolute Gasteiger partial charge is 0.308 e. The number of hydrogen-bond acceptors (Lipinski definition) is 8. The number of amides is 2. The third kappa shape index (κ3) is 7.11. The lowest BCUT2D eigenvalue weighted by Gasteiger charge is -2.31. The minimum atomic E-state index is -0.324. The topological polar surface area (TPSA) is 135 Å². The average Bonchev–Trinajstić information content (AvgIpc) is 3.68. The van der Waals surface area contributed by atoms with Gasteiger partial charge in [0.05, 0.1) is 35.1 Å². The van der Waals surface area contributed by atoms with Crippen LogP contribution in [0, 0.1) is 18.8 Å². The highest BCUT2D eigenvalue weighted by Gasteiger charge is 2.30. The molecule has 12 nitrogen and oxygen atoms in total. The fraction of sp³-hybridized carbons (Fsp3) is 0.462. The van der Waals surface area contributed by atoms with E-state index in [1.807, 2.05) is 60.5 Å². The van der Waals surface area contributed by atoms with Gasteiger partial charge in [-0.1, -0.05) is 35.9 Å². The maximum atomic E-state index is 13.7. The number of rotatable bonds is 9. The second-order valence-corrected chi connectivity index (χ2v) is 14.7. The van der Waals surface area contributed by atoms with E-state index in [0.29, 0.717) is 47.1 Å². The number of fused-ring (bicyclic) bond motifs is 2. The fourth-order valence-corrected chi connectivity index (χ4v) is 8.38. The minimum absolute atomic E-state index is 0.0466. The van der Waals surface area contributed by atoms with Crippen molar-refractivity contribution in [1.29, 1.82) is 0 Å². The molecule has 7 rings (SSSR count). The van der Waals surface area contributed by atoms with Crippen molar-refractivity contribution in [3.05, 3.63) is 81.4 Å². The predicted molar refractivity (Wildman–Crippen MR) is 200 cm³/mol. The van der Waals surface area contributed by atoms with Gasteiger partial charge in [-0.2, -0.15) is 0 Å². The van der Waals surface area contributed by atoms with Crippen LogP contribution in [0.2, 0.25) is 5.02 Å². The van der Waals surface area contributed by atoms with Gasteiger partial charge >= 0.3 is 5.97 Å².